The highest BCUT2D eigenvalue weighted by Crippen LogP contribution is 2.38. The van der Waals surface area contributed by atoms with E-state index in [1.165, 1.54) is 6.21 Å². The number of nitrogens with one attached hydrogen (secondary N) is 1. The normalized spacial score (nSPS) is 12.0. The van der Waals surface area contributed by atoms with E-state index < -0.39 is 0 Å². The maximum atomic E-state index is 13.3. The van der Waals surface area contributed by atoms with Crippen molar-refractivity contribution in [2.45, 2.75) is 13.5 Å². The number of pyridine rings is 1. The Morgan fingerprint density at radius 2 is 1.79 bits per heavy atom. The Bertz CT molecular complexity index is 1790. The van der Waals surface area contributed by atoms with Crippen LogP contribution in [0.15, 0.2) is 96.1 Å². The van der Waals surface area contributed by atoms with Crippen LogP contribution in [0.4, 0.5) is 0 Å². The SMILES string of the molecule is CCOc1cc(/C=N/NC(=O)c2cc(-c3ccccc3)nc3ccccc23)cc(Cl)c1OCc1ccc2c(c1)OCO2. The first-order valence-electron chi connectivity index (χ1n) is 13.4. The van der Waals surface area contributed by atoms with Gasteiger partial charge in [0.2, 0.25) is 6.79 Å². The average molecular weight is 580 g/mol. The number of rotatable bonds is 9. The van der Waals surface area contributed by atoms with Gasteiger partial charge in [-0.3, -0.25) is 4.79 Å². The van der Waals surface area contributed by atoms with Crippen molar-refractivity contribution >= 4 is 34.6 Å². The summed E-state index contributed by atoms with van der Waals surface area (Å²) in [6, 6.07) is 28.1. The van der Waals surface area contributed by atoms with Crippen LogP contribution in [0.5, 0.6) is 23.0 Å². The van der Waals surface area contributed by atoms with Crippen LogP contribution in [-0.2, 0) is 6.61 Å². The lowest BCUT2D eigenvalue weighted by Gasteiger charge is -2.14. The highest BCUT2D eigenvalue weighted by molar-refractivity contribution is 6.32. The van der Waals surface area contributed by atoms with Crippen LogP contribution >= 0.6 is 11.6 Å². The molecule has 1 amide bonds. The smallest absolute Gasteiger partial charge is 0.272 e. The van der Waals surface area contributed by atoms with Crippen LogP contribution < -0.4 is 24.4 Å². The predicted molar refractivity (Wildman–Crippen MR) is 162 cm³/mol. The molecule has 6 rings (SSSR count). The van der Waals surface area contributed by atoms with E-state index in [4.69, 9.17) is 35.5 Å². The molecule has 2 heterocycles. The van der Waals surface area contributed by atoms with Crippen molar-refractivity contribution in [1.29, 1.82) is 0 Å². The van der Waals surface area contributed by atoms with Gasteiger partial charge in [0.05, 0.1) is 34.6 Å². The highest BCUT2D eigenvalue weighted by atomic mass is 35.5. The molecule has 1 aliphatic rings. The topological polar surface area (TPSA) is 91.3 Å². The summed E-state index contributed by atoms with van der Waals surface area (Å²) in [6.07, 6.45) is 1.51. The molecule has 0 atom stereocenters. The summed E-state index contributed by atoms with van der Waals surface area (Å²) in [5, 5.41) is 5.28. The van der Waals surface area contributed by atoms with Crippen LogP contribution in [0, 0.1) is 0 Å². The Labute approximate surface area is 247 Å². The number of benzene rings is 4. The molecule has 0 radical (unpaired) electrons. The summed E-state index contributed by atoms with van der Waals surface area (Å²) in [6.45, 7) is 2.74. The molecule has 1 N–H and O–H groups in total. The van der Waals surface area contributed by atoms with Gasteiger partial charge in [0.15, 0.2) is 23.0 Å². The van der Waals surface area contributed by atoms with Gasteiger partial charge in [-0.1, -0.05) is 66.2 Å². The fourth-order valence-corrected chi connectivity index (χ4v) is 4.87. The molecule has 0 spiro atoms. The minimum absolute atomic E-state index is 0.206. The largest absolute Gasteiger partial charge is 0.490 e. The molecular weight excluding hydrogens is 554 g/mol. The van der Waals surface area contributed by atoms with Gasteiger partial charge in [0.1, 0.15) is 6.61 Å². The summed E-state index contributed by atoms with van der Waals surface area (Å²) in [4.78, 5) is 18.0. The molecule has 4 aromatic carbocycles. The molecule has 0 saturated heterocycles. The van der Waals surface area contributed by atoms with Gasteiger partial charge in [0, 0.05) is 10.9 Å². The first-order chi connectivity index (χ1) is 20.6. The lowest BCUT2D eigenvalue weighted by Crippen LogP contribution is -2.18. The van der Waals surface area contributed by atoms with E-state index in [0.717, 1.165) is 22.0 Å². The summed E-state index contributed by atoms with van der Waals surface area (Å²) in [5.41, 5.74) is 6.97. The van der Waals surface area contributed by atoms with Crippen molar-refractivity contribution in [2.75, 3.05) is 13.4 Å². The molecule has 0 bridgehead atoms. The van der Waals surface area contributed by atoms with Gasteiger partial charge in [-0.2, -0.15) is 5.10 Å². The molecule has 9 heteroatoms. The number of amides is 1. The number of hydrogen-bond acceptors (Lipinski definition) is 7. The molecule has 0 unspecified atom stereocenters. The van der Waals surface area contributed by atoms with Crippen molar-refractivity contribution in [3.8, 4) is 34.3 Å². The average Bonchev–Trinajstić information content (AvgIpc) is 3.49. The van der Waals surface area contributed by atoms with Crippen LogP contribution in [0.25, 0.3) is 22.2 Å². The van der Waals surface area contributed by atoms with Crippen molar-refractivity contribution in [2.24, 2.45) is 5.10 Å². The number of halogens is 1. The molecular formula is C33H26ClN3O5. The molecule has 0 saturated carbocycles. The molecule has 1 aliphatic heterocycles. The summed E-state index contributed by atoms with van der Waals surface area (Å²) < 4.78 is 22.7. The van der Waals surface area contributed by atoms with Gasteiger partial charge >= 0.3 is 0 Å². The van der Waals surface area contributed by atoms with E-state index in [9.17, 15) is 4.79 Å². The Morgan fingerprint density at radius 3 is 2.64 bits per heavy atom. The van der Waals surface area contributed by atoms with E-state index >= 15 is 0 Å². The van der Waals surface area contributed by atoms with Crippen molar-refractivity contribution in [3.63, 3.8) is 0 Å². The number of aromatic nitrogens is 1. The quantitative estimate of drug-likeness (QED) is 0.149. The number of carbonyl (C=O) groups is 1. The van der Waals surface area contributed by atoms with Crippen molar-refractivity contribution < 1.29 is 23.7 Å². The number of ether oxygens (including phenoxy) is 4. The summed E-state index contributed by atoms with van der Waals surface area (Å²) in [5.74, 6) is 1.90. The second-order valence-electron chi connectivity index (χ2n) is 9.38. The molecule has 42 heavy (non-hydrogen) atoms. The standard InChI is InChI=1S/C33H26ClN3O5/c1-2-39-31-16-22(14-26(34)32(31)40-19-21-12-13-29-30(15-21)42-20-41-29)18-35-37-33(38)25-17-28(23-8-4-3-5-9-23)36-27-11-7-6-10-24(25)27/h3-18H,2,19-20H2,1H3,(H,37,38)/b35-18+. The lowest BCUT2D eigenvalue weighted by molar-refractivity contribution is 0.0956. The third-order valence-electron chi connectivity index (χ3n) is 6.56. The number of nitrogens with zero attached hydrogens (tertiary/aromatic N) is 2. The fraction of sp³-hybridized carbons (Fsp3) is 0.121. The maximum Gasteiger partial charge on any atom is 0.272 e. The monoisotopic (exact) mass is 579 g/mol. The lowest BCUT2D eigenvalue weighted by atomic mass is 10.0. The van der Waals surface area contributed by atoms with Gasteiger partial charge in [-0.05, 0) is 54.4 Å². The number of hydrogen-bond donors (Lipinski definition) is 1. The van der Waals surface area contributed by atoms with Crippen molar-refractivity contribution in [1.82, 2.24) is 10.4 Å². The molecule has 5 aromatic rings. The molecule has 1 aromatic heterocycles. The van der Waals surface area contributed by atoms with Crippen molar-refractivity contribution in [3.05, 3.63) is 113 Å². The second kappa shape index (κ2) is 12.2. The van der Waals surface area contributed by atoms with Crippen LogP contribution in [0.1, 0.15) is 28.4 Å². The molecule has 0 fully saturated rings. The summed E-state index contributed by atoms with van der Waals surface area (Å²) >= 11 is 6.60. The minimum Gasteiger partial charge on any atom is -0.490 e. The van der Waals surface area contributed by atoms with E-state index in [2.05, 4.69) is 10.5 Å². The van der Waals surface area contributed by atoms with Gasteiger partial charge in [-0.25, -0.2) is 10.4 Å². The second-order valence-corrected chi connectivity index (χ2v) is 9.78. The number of hydrazone groups is 1. The van der Waals surface area contributed by atoms with Gasteiger partial charge < -0.3 is 18.9 Å². The van der Waals surface area contributed by atoms with Gasteiger partial charge in [0.25, 0.3) is 5.91 Å². The molecule has 210 valence electrons. The fourth-order valence-electron chi connectivity index (χ4n) is 4.60. The summed E-state index contributed by atoms with van der Waals surface area (Å²) in [7, 11) is 0. The predicted octanol–water partition coefficient (Wildman–Crippen LogP) is 7.03. The van der Waals surface area contributed by atoms with E-state index in [0.29, 0.717) is 51.4 Å². The first kappa shape index (κ1) is 27.1. The zero-order valence-corrected chi connectivity index (χ0v) is 23.4. The maximum absolute atomic E-state index is 13.3. The van der Waals surface area contributed by atoms with E-state index in [1.54, 1.807) is 18.2 Å². The Kier molecular flexibility index (Phi) is 7.87. The Balaban J connectivity index is 1.20. The Hall–Kier alpha value is -5.08. The molecule has 0 aliphatic carbocycles. The van der Waals surface area contributed by atoms with Crippen LogP contribution in [-0.4, -0.2) is 30.5 Å². The Morgan fingerprint density at radius 1 is 0.976 bits per heavy atom. The zero-order chi connectivity index (χ0) is 28.9. The highest BCUT2D eigenvalue weighted by Gasteiger charge is 2.17. The number of fused-ring (bicyclic) bond motifs is 2. The van der Waals surface area contributed by atoms with Crippen LogP contribution in [0.3, 0.4) is 0 Å². The third-order valence-corrected chi connectivity index (χ3v) is 6.84. The van der Waals surface area contributed by atoms with Crippen LogP contribution in [0.2, 0.25) is 5.02 Å². The number of carbonyl (C=O) groups excluding carboxylic acids is 1. The van der Waals surface area contributed by atoms with E-state index in [1.807, 2.05) is 79.7 Å². The van der Waals surface area contributed by atoms with Gasteiger partial charge in [-0.15, -0.1) is 0 Å². The zero-order valence-electron chi connectivity index (χ0n) is 22.7. The molecule has 8 nitrogen and oxygen atoms in total. The third kappa shape index (κ3) is 5.84. The van der Waals surface area contributed by atoms with E-state index in [-0.39, 0.29) is 19.3 Å². The minimum atomic E-state index is -0.359. The number of para-hydroxylation sites is 1. The first-order valence-corrected chi connectivity index (χ1v) is 13.7.